The quantitative estimate of drug-likeness (QED) is 0.343. The molecule has 0 aromatic heterocycles. The first kappa shape index (κ1) is 29.6. The number of carbonyl (C=O) groups excluding carboxylic acids is 2. The van der Waals surface area contributed by atoms with E-state index < -0.39 is 63.6 Å². The summed E-state index contributed by atoms with van der Waals surface area (Å²) in [7, 11) is 2.10. The molecule has 8 atom stereocenters. The summed E-state index contributed by atoms with van der Waals surface area (Å²) in [6.45, 7) is 17.4. The number of piperazine rings is 1. The van der Waals surface area contributed by atoms with Crippen LogP contribution in [-0.4, -0.2) is 112 Å². The molecule has 4 unspecified atom stereocenters. The lowest BCUT2D eigenvalue weighted by atomic mass is 9.40. The third-order valence-corrected chi connectivity index (χ3v) is 10.5. The van der Waals surface area contributed by atoms with Crippen molar-refractivity contribution in [3.05, 3.63) is 12.7 Å². The van der Waals surface area contributed by atoms with Crippen molar-refractivity contribution < 1.29 is 34.4 Å². The van der Waals surface area contributed by atoms with Gasteiger partial charge < -0.3 is 34.6 Å². The Morgan fingerprint density at radius 1 is 1.16 bits per heavy atom. The molecular formula is C29H48N2O7. The predicted molar refractivity (Wildman–Crippen MR) is 142 cm³/mol. The Kier molecular flexibility index (Phi) is 7.74. The number of aliphatic hydroxyl groups excluding tert-OH is 2. The molecule has 38 heavy (non-hydrogen) atoms. The van der Waals surface area contributed by atoms with E-state index in [1.807, 2.05) is 13.8 Å². The van der Waals surface area contributed by atoms with Crippen LogP contribution < -0.4 is 0 Å². The Morgan fingerprint density at radius 2 is 1.79 bits per heavy atom. The van der Waals surface area contributed by atoms with E-state index in [4.69, 9.17) is 9.47 Å². The van der Waals surface area contributed by atoms with Gasteiger partial charge in [0.1, 0.15) is 17.8 Å². The van der Waals surface area contributed by atoms with Crippen molar-refractivity contribution >= 4 is 11.8 Å². The highest BCUT2D eigenvalue weighted by atomic mass is 16.6. The molecule has 0 radical (unpaired) electrons. The van der Waals surface area contributed by atoms with Crippen molar-refractivity contribution in [1.82, 2.24) is 9.80 Å². The molecule has 0 spiro atoms. The second-order valence-electron chi connectivity index (χ2n) is 13.5. The average Bonchev–Trinajstić information content (AvgIpc) is 2.84. The molecule has 0 aromatic rings. The Balaban J connectivity index is 1.64. The maximum atomic E-state index is 13.8. The number of ether oxygens (including phenoxy) is 2. The number of fused-ring (bicyclic) bond motifs is 3. The fourth-order valence-corrected chi connectivity index (χ4v) is 8.13. The van der Waals surface area contributed by atoms with Gasteiger partial charge in [0, 0.05) is 50.4 Å². The van der Waals surface area contributed by atoms with E-state index in [0.717, 1.165) is 32.7 Å². The van der Waals surface area contributed by atoms with E-state index >= 15 is 0 Å². The minimum Gasteiger partial charge on any atom is -0.459 e. The molecule has 2 aliphatic carbocycles. The zero-order chi connectivity index (χ0) is 28.3. The smallest absolute Gasteiger partial charge is 0.306 e. The molecule has 4 fully saturated rings. The van der Waals surface area contributed by atoms with Crippen molar-refractivity contribution in [1.29, 1.82) is 0 Å². The number of hydrogen-bond donors (Lipinski definition) is 3. The van der Waals surface area contributed by atoms with Gasteiger partial charge in [-0.05, 0) is 52.1 Å². The van der Waals surface area contributed by atoms with Gasteiger partial charge in [-0.3, -0.25) is 9.59 Å². The number of esters is 1. The van der Waals surface area contributed by atoms with Crippen LogP contribution in [0.2, 0.25) is 0 Å². The number of ketones is 1. The lowest BCUT2D eigenvalue weighted by Crippen LogP contribution is -2.86. The number of nitrogens with zero attached hydrogens (tertiary/aromatic N) is 2. The van der Waals surface area contributed by atoms with Gasteiger partial charge in [0.05, 0.1) is 11.7 Å². The van der Waals surface area contributed by atoms with Crippen LogP contribution in [0.4, 0.5) is 0 Å². The lowest BCUT2D eigenvalue weighted by molar-refractivity contribution is -0.370. The minimum absolute atomic E-state index is 0.137. The van der Waals surface area contributed by atoms with E-state index in [1.54, 1.807) is 13.8 Å². The highest BCUT2D eigenvalue weighted by Gasteiger charge is 2.81. The van der Waals surface area contributed by atoms with Gasteiger partial charge in [0.2, 0.25) is 0 Å². The van der Waals surface area contributed by atoms with E-state index in [1.165, 1.54) is 13.0 Å². The fourth-order valence-electron chi connectivity index (χ4n) is 8.13. The van der Waals surface area contributed by atoms with Gasteiger partial charge in [0.25, 0.3) is 0 Å². The molecule has 2 saturated carbocycles. The Bertz CT molecular complexity index is 949. The summed E-state index contributed by atoms with van der Waals surface area (Å²) >= 11 is 0. The second-order valence-corrected chi connectivity index (χ2v) is 13.5. The Hall–Kier alpha value is -1.36. The molecule has 4 rings (SSSR count). The van der Waals surface area contributed by atoms with E-state index in [9.17, 15) is 24.9 Å². The van der Waals surface area contributed by atoms with Crippen molar-refractivity contribution in [3.8, 4) is 0 Å². The van der Waals surface area contributed by atoms with Gasteiger partial charge in [-0.25, -0.2) is 0 Å². The molecule has 0 bridgehead atoms. The van der Waals surface area contributed by atoms with Crippen molar-refractivity contribution in [3.63, 3.8) is 0 Å². The molecule has 216 valence electrons. The molecule has 9 heteroatoms. The molecule has 4 aliphatic rings. The number of aliphatic hydroxyl groups is 3. The Labute approximate surface area is 227 Å². The lowest BCUT2D eigenvalue weighted by Gasteiger charge is -2.71. The summed E-state index contributed by atoms with van der Waals surface area (Å²) < 4.78 is 12.4. The zero-order valence-corrected chi connectivity index (χ0v) is 24.0. The normalized spacial score (nSPS) is 45.7. The summed E-state index contributed by atoms with van der Waals surface area (Å²) in [5.74, 6) is -1.63. The highest BCUT2D eigenvalue weighted by molar-refractivity contribution is 5.92. The van der Waals surface area contributed by atoms with Crippen LogP contribution >= 0.6 is 0 Å². The monoisotopic (exact) mass is 536 g/mol. The number of rotatable bonds is 6. The standard InChI is InChI=1S/C29H48N2O7/c1-8-26(4)18-20(33)29(36)27(5)19(32)11-12-25(2,3)23(27)22(24(35)28(29,6)38-26)37-21(34)10-9-13-31-16-14-30(7)15-17-31/h8,19,22-24,32,35-36H,1,9-18H2,2-7H3/t19-,22?,23?,24?,26-,27?,28+,29-/m0/s1. The maximum Gasteiger partial charge on any atom is 0.306 e. The predicted octanol–water partition coefficient (Wildman–Crippen LogP) is 1.53. The van der Waals surface area contributed by atoms with E-state index in [-0.39, 0.29) is 12.8 Å². The van der Waals surface area contributed by atoms with Crippen LogP contribution in [0.25, 0.3) is 0 Å². The van der Waals surface area contributed by atoms with Crippen LogP contribution in [-0.2, 0) is 19.1 Å². The maximum absolute atomic E-state index is 13.8. The molecule has 9 nitrogen and oxygen atoms in total. The van der Waals surface area contributed by atoms with Crippen LogP contribution in [0.3, 0.4) is 0 Å². The Morgan fingerprint density at radius 3 is 2.39 bits per heavy atom. The van der Waals surface area contributed by atoms with E-state index in [2.05, 4.69) is 23.4 Å². The van der Waals surface area contributed by atoms with Gasteiger partial charge >= 0.3 is 5.97 Å². The molecular weight excluding hydrogens is 488 g/mol. The zero-order valence-electron chi connectivity index (χ0n) is 24.0. The summed E-state index contributed by atoms with van der Waals surface area (Å²) in [6.07, 6.45) is -0.504. The molecule has 2 heterocycles. The SMILES string of the molecule is C=C[C@@]1(C)CC(=O)[C@]2(O)C3(C)C(C(OC(=O)CCCN4CCN(C)CC4)C(O)[C@@]2(C)O1)C(C)(C)CC[C@@H]3O. The average molecular weight is 537 g/mol. The first-order chi connectivity index (χ1) is 17.6. The van der Waals surface area contributed by atoms with Gasteiger partial charge in [0.15, 0.2) is 11.4 Å². The first-order valence-electron chi connectivity index (χ1n) is 14.1. The summed E-state index contributed by atoms with van der Waals surface area (Å²) in [6, 6.07) is 0. The first-order valence-corrected chi connectivity index (χ1v) is 14.1. The van der Waals surface area contributed by atoms with Gasteiger partial charge in [-0.15, -0.1) is 6.58 Å². The number of Topliss-reactive ketones (excluding diaryl/α,β-unsaturated/α-hetero) is 1. The van der Waals surface area contributed by atoms with Crippen LogP contribution in [0, 0.1) is 16.7 Å². The largest absolute Gasteiger partial charge is 0.459 e. The van der Waals surface area contributed by atoms with Gasteiger partial charge in [-0.1, -0.05) is 26.8 Å². The number of likely N-dealkylation sites (N-methyl/N-ethyl adjacent to an activating group) is 1. The molecule has 2 aliphatic heterocycles. The fraction of sp³-hybridized carbons (Fsp3) is 0.862. The number of hydrogen-bond acceptors (Lipinski definition) is 9. The van der Waals surface area contributed by atoms with Crippen LogP contribution in [0.15, 0.2) is 12.7 Å². The highest BCUT2D eigenvalue weighted by Crippen LogP contribution is 2.67. The minimum atomic E-state index is -2.20. The molecule has 0 amide bonds. The molecule has 3 N–H and O–H groups in total. The summed E-state index contributed by atoms with van der Waals surface area (Å²) in [5, 5.41) is 35.7. The van der Waals surface area contributed by atoms with Crippen LogP contribution in [0.1, 0.15) is 66.7 Å². The second kappa shape index (κ2) is 9.93. The number of carbonyl (C=O) groups is 2. The van der Waals surface area contributed by atoms with Crippen molar-refractivity contribution in [2.24, 2.45) is 16.7 Å². The topological polar surface area (TPSA) is 120 Å². The third-order valence-electron chi connectivity index (χ3n) is 10.5. The third kappa shape index (κ3) is 4.38. The van der Waals surface area contributed by atoms with E-state index in [0.29, 0.717) is 19.3 Å². The van der Waals surface area contributed by atoms with Crippen LogP contribution in [0.5, 0.6) is 0 Å². The summed E-state index contributed by atoms with van der Waals surface area (Å²) in [4.78, 5) is 31.6. The molecule has 2 saturated heterocycles. The van der Waals surface area contributed by atoms with Gasteiger partial charge in [-0.2, -0.15) is 0 Å². The van der Waals surface area contributed by atoms with Crippen molar-refractivity contribution in [2.45, 2.75) is 102 Å². The summed E-state index contributed by atoms with van der Waals surface area (Å²) in [5.41, 5.74) is -7.14. The van der Waals surface area contributed by atoms with Crippen molar-refractivity contribution in [2.75, 3.05) is 39.8 Å². The molecule has 0 aromatic carbocycles.